The molecule has 3 aliphatic rings. The first kappa shape index (κ1) is 41.7. The summed E-state index contributed by atoms with van der Waals surface area (Å²) in [6.07, 6.45) is -1.57. The van der Waals surface area contributed by atoms with E-state index in [1.165, 1.54) is 18.4 Å². The Kier molecular flexibility index (Phi) is 14.1. The molecule has 0 aliphatic carbocycles. The summed E-state index contributed by atoms with van der Waals surface area (Å²) in [5.74, 6) is 0. The van der Waals surface area contributed by atoms with Crippen LogP contribution in [-0.4, -0.2) is 93.8 Å². The van der Waals surface area contributed by atoms with E-state index in [0.29, 0.717) is 6.42 Å². The van der Waals surface area contributed by atoms with Crippen LogP contribution >= 0.6 is 22.6 Å². The molecule has 2 fully saturated rings. The van der Waals surface area contributed by atoms with Gasteiger partial charge in [0.1, 0.15) is 24.9 Å². The number of ether oxygens (including phenoxy) is 6. The van der Waals surface area contributed by atoms with Gasteiger partial charge in [0.25, 0.3) is 10.1 Å². The molecule has 1 N–H and O–H groups in total. The molecule has 3 heterocycles. The Morgan fingerprint density at radius 2 is 1.63 bits per heavy atom. The first-order valence-electron chi connectivity index (χ1n) is 18.0. The maximum absolute atomic E-state index is 13.1. The molecule has 52 heavy (non-hydrogen) atoms. The number of halogens is 1. The maximum atomic E-state index is 13.1. The third-order valence-electron chi connectivity index (χ3n) is 10.4. The Bertz CT molecular complexity index is 1570. The van der Waals surface area contributed by atoms with Crippen molar-refractivity contribution in [2.75, 3.05) is 6.61 Å². The number of alkyl halides is 1. The zero-order valence-corrected chi connectivity index (χ0v) is 35.3. The van der Waals surface area contributed by atoms with Crippen molar-refractivity contribution in [1.82, 2.24) is 0 Å². The molecule has 0 amide bonds. The minimum atomic E-state index is -4.09. The summed E-state index contributed by atoms with van der Waals surface area (Å²) in [6, 6.07) is 16.1. The van der Waals surface area contributed by atoms with Crippen molar-refractivity contribution in [1.29, 1.82) is 0 Å². The lowest BCUT2D eigenvalue weighted by Gasteiger charge is -2.46. The summed E-state index contributed by atoms with van der Waals surface area (Å²) in [7, 11) is -6.06. The summed E-state index contributed by atoms with van der Waals surface area (Å²) in [5.41, 5.74) is 1.88. The fourth-order valence-corrected chi connectivity index (χ4v) is 9.21. The van der Waals surface area contributed by atoms with E-state index >= 15 is 0 Å². The lowest BCUT2D eigenvalue weighted by molar-refractivity contribution is -0.311. The predicted octanol–water partition coefficient (Wildman–Crippen LogP) is 6.79. The molecular formula is C38H55IO11SSi. The Balaban J connectivity index is 1.25. The molecular weight excluding hydrogens is 819 g/mol. The van der Waals surface area contributed by atoms with Gasteiger partial charge >= 0.3 is 0 Å². The van der Waals surface area contributed by atoms with Crippen molar-refractivity contribution in [3.8, 4) is 0 Å². The summed E-state index contributed by atoms with van der Waals surface area (Å²) in [5, 5.41) is 11.7. The third-order valence-corrected chi connectivity index (χ3v) is 17.5. The standard InChI is InChI=1S/C38H55IO11SSi/c1-24-14-16-28(17-15-24)51(41,42)45-23-31-36(30(20-21-43-31)44-22-27-12-10-9-11-13-27)49-37-33(39)34(40)35(26(3)47-37)48-32-19-18-29(25(2)46-32)50-52(7,8)38(4,5)6/h9-17,20-21,25-26,29-37,40H,18-19,22-23H2,1-8H3/t25-,26+,29-,30+,31+,32-,33+,34+,35+,36-,37-/m0/s1. The molecule has 5 rings (SSSR count). The van der Waals surface area contributed by atoms with Gasteiger partial charge in [-0.2, -0.15) is 8.42 Å². The zero-order valence-electron chi connectivity index (χ0n) is 31.3. The van der Waals surface area contributed by atoms with Gasteiger partial charge in [0.05, 0.1) is 46.1 Å². The van der Waals surface area contributed by atoms with Gasteiger partial charge in [-0.05, 0) is 69.1 Å². The number of aliphatic hydroxyl groups excluding tert-OH is 1. The molecule has 11 atom stereocenters. The second-order valence-electron chi connectivity index (χ2n) is 15.4. The molecule has 290 valence electrons. The van der Waals surface area contributed by atoms with Crippen LogP contribution in [-0.2, 0) is 53.8 Å². The highest BCUT2D eigenvalue weighted by molar-refractivity contribution is 14.1. The molecule has 0 saturated carbocycles. The van der Waals surface area contributed by atoms with Crippen LogP contribution in [0.25, 0.3) is 0 Å². The van der Waals surface area contributed by atoms with Crippen molar-refractivity contribution < 1.29 is 50.6 Å². The minimum Gasteiger partial charge on any atom is -0.493 e. The SMILES string of the molecule is Cc1ccc(S(=O)(=O)OC[C@H]2OC=C[C@@H](OCc3ccccc3)[C@@H]2O[C@@H]2O[C@H](C)[C@@H](O[C@H]3CC[C@H](O[Si](C)(C)C(C)(C)C)[C@H](C)O3)[C@H](O)[C@H]2I)cc1. The van der Waals surface area contributed by atoms with Crippen molar-refractivity contribution in [2.45, 2.75) is 149 Å². The monoisotopic (exact) mass is 874 g/mol. The van der Waals surface area contributed by atoms with Crippen LogP contribution in [0, 0.1) is 6.92 Å². The highest BCUT2D eigenvalue weighted by atomic mass is 127. The van der Waals surface area contributed by atoms with Gasteiger partial charge in [-0.3, -0.25) is 4.18 Å². The van der Waals surface area contributed by atoms with Crippen LogP contribution < -0.4 is 0 Å². The molecule has 2 aromatic carbocycles. The van der Waals surface area contributed by atoms with Gasteiger partial charge in [-0.25, -0.2) is 0 Å². The Labute approximate surface area is 324 Å². The van der Waals surface area contributed by atoms with Gasteiger partial charge in [-0.1, -0.05) is 91.4 Å². The first-order chi connectivity index (χ1) is 24.4. The van der Waals surface area contributed by atoms with Crippen LogP contribution in [0.3, 0.4) is 0 Å². The highest BCUT2D eigenvalue weighted by Crippen LogP contribution is 2.40. The molecule has 0 bridgehead atoms. The average Bonchev–Trinajstić information content (AvgIpc) is 3.09. The minimum absolute atomic E-state index is 0.0200. The summed E-state index contributed by atoms with van der Waals surface area (Å²) >= 11 is 2.12. The number of aryl methyl sites for hydroxylation is 1. The fourth-order valence-electron chi connectivity index (χ4n) is 6.12. The second kappa shape index (κ2) is 17.6. The van der Waals surface area contributed by atoms with E-state index in [1.54, 1.807) is 18.2 Å². The van der Waals surface area contributed by atoms with Gasteiger partial charge in [0, 0.05) is 6.42 Å². The van der Waals surface area contributed by atoms with E-state index in [1.807, 2.05) is 51.1 Å². The summed E-state index contributed by atoms with van der Waals surface area (Å²) in [4.78, 5) is 0.0414. The zero-order chi connectivity index (χ0) is 37.8. The molecule has 0 unspecified atom stereocenters. The largest absolute Gasteiger partial charge is 0.493 e. The number of rotatable bonds is 13. The van der Waals surface area contributed by atoms with Crippen molar-refractivity contribution in [2.24, 2.45) is 0 Å². The quantitative estimate of drug-likeness (QED) is 0.0989. The molecule has 11 nitrogen and oxygen atoms in total. The van der Waals surface area contributed by atoms with E-state index < -0.39 is 71.6 Å². The normalized spacial score (nSPS) is 33.1. The molecule has 0 aromatic heterocycles. The van der Waals surface area contributed by atoms with Crippen LogP contribution in [0.15, 0.2) is 71.8 Å². The Morgan fingerprint density at radius 1 is 0.942 bits per heavy atom. The number of hydrogen-bond acceptors (Lipinski definition) is 11. The predicted molar refractivity (Wildman–Crippen MR) is 207 cm³/mol. The molecule has 0 radical (unpaired) electrons. The van der Waals surface area contributed by atoms with E-state index in [-0.39, 0.29) is 35.4 Å². The van der Waals surface area contributed by atoms with Crippen LogP contribution in [0.5, 0.6) is 0 Å². The van der Waals surface area contributed by atoms with Crippen molar-refractivity contribution >= 4 is 41.0 Å². The third kappa shape index (κ3) is 10.4. The number of aliphatic hydroxyl groups is 1. The van der Waals surface area contributed by atoms with Crippen LogP contribution in [0.1, 0.15) is 58.6 Å². The van der Waals surface area contributed by atoms with Crippen molar-refractivity contribution in [3.05, 3.63) is 78.1 Å². The topological polar surface area (TPSA) is 128 Å². The van der Waals surface area contributed by atoms with Gasteiger partial charge in [-0.15, -0.1) is 0 Å². The lowest BCUT2D eigenvalue weighted by Crippen LogP contribution is -2.60. The summed E-state index contributed by atoms with van der Waals surface area (Å²) < 4.78 is 75.6. The molecule has 2 saturated heterocycles. The number of hydrogen-bond donors (Lipinski definition) is 1. The van der Waals surface area contributed by atoms with Gasteiger partial charge in [0.2, 0.25) is 0 Å². The summed E-state index contributed by atoms with van der Waals surface area (Å²) in [6.45, 7) is 16.8. The van der Waals surface area contributed by atoms with Gasteiger partial charge in [0.15, 0.2) is 27.0 Å². The van der Waals surface area contributed by atoms with E-state index in [4.69, 9.17) is 37.0 Å². The van der Waals surface area contributed by atoms with E-state index in [2.05, 4.69) is 56.5 Å². The molecule has 14 heteroatoms. The van der Waals surface area contributed by atoms with E-state index in [9.17, 15) is 13.5 Å². The average molecular weight is 875 g/mol. The molecule has 3 aliphatic heterocycles. The number of benzene rings is 2. The smallest absolute Gasteiger partial charge is 0.297 e. The first-order valence-corrected chi connectivity index (χ1v) is 23.6. The Hall–Kier alpha value is -1.44. The van der Waals surface area contributed by atoms with E-state index in [0.717, 1.165) is 17.5 Å². The van der Waals surface area contributed by atoms with Crippen LogP contribution in [0.4, 0.5) is 0 Å². The molecule has 0 spiro atoms. The van der Waals surface area contributed by atoms with Crippen molar-refractivity contribution in [3.63, 3.8) is 0 Å². The Morgan fingerprint density at radius 3 is 2.29 bits per heavy atom. The second-order valence-corrected chi connectivity index (χ2v) is 23.2. The highest BCUT2D eigenvalue weighted by Gasteiger charge is 2.49. The van der Waals surface area contributed by atoms with Gasteiger partial charge < -0.3 is 38.0 Å². The fraction of sp³-hybridized carbons (Fsp3) is 0.632. The molecule has 2 aromatic rings. The lowest BCUT2D eigenvalue weighted by atomic mass is 10.0. The van der Waals surface area contributed by atoms with Crippen LogP contribution in [0.2, 0.25) is 18.1 Å². The maximum Gasteiger partial charge on any atom is 0.297 e.